The van der Waals surface area contributed by atoms with Crippen molar-refractivity contribution in [1.82, 2.24) is 0 Å². The Morgan fingerprint density at radius 2 is 1.29 bits per heavy atom. The largest absolute Gasteiger partial charge is 0.466 e. The third kappa shape index (κ3) is 24.4. The van der Waals surface area contributed by atoms with Crippen molar-refractivity contribution in [3.05, 3.63) is 0 Å². The third-order valence-electron chi connectivity index (χ3n) is 7.53. The van der Waals surface area contributed by atoms with E-state index in [2.05, 4.69) is 27.9 Å². The molecule has 2 atom stereocenters. The van der Waals surface area contributed by atoms with Gasteiger partial charge >= 0.3 is 5.97 Å². The molecule has 0 bridgehead atoms. The lowest BCUT2D eigenvalue weighted by Gasteiger charge is -2.28. The van der Waals surface area contributed by atoms with Crippen LogP contribution in [-0.4, -0.2) is 81.4 Å². The highest BCUT2D eigenvalue weighted by Crippen LogP contribution is 2.17. The molecule has 0 radical (unpaired) electrons. The molecule has 0 saturated heterocycles. The van der Waals surface area contributed by atoms with E-state index in [4.69, 9.17) is 19.3 Å². The SMILES string of the molecule is CCCCCCCCCCCCCCCC(OCCCOC(=O)CCCC[N+](C)(C)CCO)C(C)OCC. The second-order valence-electron chi connectivity index (χ2n) is 11.7. The Bertz CT molecular complexity index is 514. The van der Waals surface area contributed by atoms with Gasteiger partial charge in [-0.1, -0.05) is 90.4 Å². The fraction of sp³-hybridized carbons (Fsp3) is 0.969. The third-order valence-corrected chi connectivity index (χ3v) is 7.53. The van der Waals surface area contributed by atoms with Gasteiger partial charge in [0.1, 0.15) is 6.54 Å². The minimum Gasteiger partial charge on any atom is -0.466 e. The highest BCUT2D eigenvalue weighted by Gasteiger charge is 2.18. The first-order valence-corrected chi connectivity index (χ1v) is 16.2. The molecule has 0 aliphatic heterocycles. The van der Waals surface area contributed by atoms with Gasteiger partial charge in [-0.25, -0.2) is 0 Å². The van der Waals surface area contributed by atoms with Crippen LogP contribution >= 0.6 is 0 Å². The second-order valence-corrected chi connectivity index (χ2v) is 11.7. The first-order valence-electron chi connectivity index (χ1n) is 16.2. The highest BCUT2D eigenvalue weighted by atomic mass is 16.5. The molecular weight excluding hydrogens is 478 g/mol. The fourth-order valence-electron chi connectivity index (χ4n) is 4.93. The van der Waals surface area contributed by atoms with E-state index < -0.39 is 0 Å². The van der Waals surface area contributed by atoms with Gasteiger partial charge in [-0.15, -0.1) is 0 Å². The van der Waals surface area contributed by atoms with Crippen molar-refractivity contribution < 1.29 is 28.6 Å². The Labute approximate surface area is 236 Å². The van der Waals surface area contributed by atoms with Gasteiger partial charge in [0.05, 0.1) is 52.7 Å². The van der Waals surface area contributed by atoms with Crippen molar-refractivity contribution in [2.45, 2.75) is 149 Å². The van der Waals surface area contributed by atoms with Gasteiger partial charge in [-0.3, -0.25) is 4.79 Å². The number of esters is 1. The Morgan fingerprint density at radius 3 is 1.84 bits per heavy atom. The number of rotatable bonds is 29. The molecule has 0 aromatic heterocycles. The van der Waals surface area contributed by atoms with E-state index >= 15 is 0 Å². The number of aliphatic hydroxyl groups excluding tert-OH is 1. The van der Waals surface area contributed by atoms with Crippen LogP contribution in [0.25, 0.3) is 0 Å². The molecule has 1 N–H and O–H groups in total. The molecule has 0 amide bonds. The maximum Gasteiger partial charge on any atom is 0.305 e. The quantitative estimate of drug-likeness (QED) is 0.0602. The molecule has 228 valence electrons. The van der Waals surface area contributed by atoms with E-state index in [9.17, 15) is 4.79 Å². The van der Waals surface area contributed by atoms with Crippen molar-refractivity contribution in [2.75, 3.05) is 53.6 Å². The van der Waals surface area contributed by atoms with Gasteiger partial charge in [0.15, 0.2) is 0 Å². The lowest BCUT2D eigenvalue weighted by atomic mass is 10.0. The van der Waals surface area contributed by atoms with Crippen LogP contribution in [0.2, 0.25) is 0 Å². The molecular formula is C32H66NO5+. The van der Waals surface area contributed by atoms with Crippen LogP contribution in [0.5, 0.6) is 0 Å². The monoisotopic (exact) mass is 544 g/mol. The van der Waals surface area contributed by atoms with E-state index in [-0.39, 0.29) is 24.8 Å². The molecule has 0 aliphatic carbocycles. The standard InChI is InChI=1S/C32H66NO5/c1-6-8-9-10-11-12-13-14-15-16-17-18-19-23-31(30(3)36-7-2)37-28-22-29-38-32(35)24-20-21-25-33(4,5)26-27-34/h30-31,34H,6-29H2,1-5H3/q+1. The van der Waals surface area contributed by atoms with Gasteiger partial charge in [0, 0.05) is 19.4 Å². The normalized spacial score (nSPS) is 13.5. The molecule has 6 heteroatoms. The zero-order valence-corrected chi connectivity index (χ0v) is 26.2. The van der Waals surface area contributed by atoms with Gasteiger partial charge in [-0.2, -0.15) is 0 Å². The second kappa shape index (κ2) is 26.5. The van der Waals surface area contributed by atoms with E-state index in [0.717, 1.165) is 43.3 Å². The van der Waals surface area contributed by atoms with Crippen LogP contribution in [0.15, 0.2) is 0 Å². The van der Waals surface area contributed by atoms with Crippen molar-refractivity contribution in [2.24, 2.45) is 0 Å². The topological polar surface area (TPSA) is 65.0 Å². The van der Waals surface area contributed by atoms with Gasteiger partial charge in [0.25, 0.3) is 0 Å². The number of unbranched alkanes of at least 4 members (excludes halogenated alkanes) is 13. The van der Waals surface area contributed by atoms with Gasteiger partial charge < -0.3 is 23.8 Å². The molecule has 0 saturated carbocycles. The van der Waals surface area contributed by atoms with Crippen LogP contribution in [-0.2, 0) is 19.0 Å². The van der Waals surface area contributed by atoms with Crippen molar-refractivity contribution in [3.63, 3.8) is 0 Å². The van der Waals surface area contributed by atoms with Crippen LogP contribution in [0.1, 0.15) is 136 Å². The fourth-order valence-corrected chi connectivity index (χ4v) is 4.93. The van der Waals surface area contributed by atoms with Gasteiger partial charge in [-0.05, 0) is 33.1 Å². The summed E-state index contributed by atoms with van der Waals surface area (Å²) in [6.45, 7) is 10.0. The highest BCUT2D eigenvalue weighted by molar-refractivity contribution is 5.69. The van der Waals surface area contributed by atoms with E-state index in [1.54, 1.807) is 0 Å². The minimum absolute atomic E-state index is 0.0911. The summed E-state index contributed by atoms with van der Waals surface area (Å²) < 4.78 is 18.2. The first-order chi connectivity index (χ1) is 18.4. The number of likely N-dealkylation sites (N-methyl/N-ethyl adjacent to an activating group) is 1. The molecule has 0 aromatic carbocycles. The molecule has 0 aromatic rings. The summed E-state index contributed by atoms with van der Waals surface area (Å²) >= 11 is 0. The number of carbonyl (C=O) groups is 1. The van der Waals surface area contributed by atoms with Gasteiger partial charge in [0.2, 0.25) is 0 Å². The predicted molar refractivity (Wildman–Crippen MR) is 159 cm³/mol. The molecule has 0 fully saturated rings. The first kappa shape index (κ1) is 37.3. The van der Waals surface area contributed by atoms with Crippen LogP contribution < -0.4 is 0 Å². The Morgan fingerprint density at radius 1 is 0.711 bits per heavy atom. The maximum absolute atomic E-state index is 12.0. The Balaban J connectivity index is 3.84. The van der Waals surface area contributed by atoms with E-state index in [0.29, 0.717) is 26.2 Å². The Hall–Kier alpha value is -0.690. The molecule has 0 spiro atoms. The summed E-state index contributed by atoms with van der Waals surface area (Å²) in [6, 6.07) is 0. The Kier molecular flexibility index (Phi) is 26.0. The number of quaternary nitrogens is 1. The lowest BCUT2D eigenvalue weighted by molar-refractivity contribution is -0.890. The maximum atomic E-state index is 12.0. The number of ether oxygens (including phenoxy) is 3. The summed E-state index contributed by atoms with van der Waals surface area (Å²) in [5, 5.41) is 9.10. The zero-order valence-electron chi connectivity index (χ0n) is 26.2. The summed E-state index contributed by atoms with van der Waals surface area (Å²) in [5.41, 5.74) is 0. The molecule has 0 rings (SSSR count). The van der Waals surface area contributed by atoms with Crippen LogP contribution in [0.3, 0.4) is 0 Å². The summed E-state index contributed by atoms with van der Waals surface area (Å²) in [7, 11) is 4.21. The minimum atomic E-state index is -0.122. The summed E-state index contributed by atoms with van der Waals surface area (Å²) in [5.74, 6) is -0.122. The van der Waals surface area contributed by atoms with E-state index in [1.165, 1.54) is 83.5 Å². The number of hydrogen-bond acceptors (Lipinski definition) is 5. The number of hydrogen-bond donors (Lipinski definition) is 1. The van der Waals surface area contributed by atoms with E-state index in [1.807, 2.05) is 6.92 Å². The predicted octanol–water partition coefficient (Wildman–Crippen LogP) is 7.45. The molecule has 6 nitrogen and oxygen atoms in total. The average Bonchev–Trinajstić information content (AvgIpc) is 2.88. The molecule has 0 heterocycles. The number of aliphatic hydroxyl groups is 1. The molecule has 38 heavy (non-hydrogen) atoms. The average molecular weight is 545 g/mol. The van der Waals surface area contributed by atoms with Crippen molar-refractivity contribution in [1.29, 1.82) is 0 Å². The lowest BCUT2D eigenvalue weighted by Crippen LogP contribution is -2.42. The number of nitrogens with zero attached hydrogens (tertiary/aromatic N) is 1. The zero-order chi connectivity index (χ0) is 28.3. The van der Waals surface area contributed by atoms with Crippen molar-refractivity contribution in [3.8, 4) is 0 Å². The van der Waals surface area contributed by atoms with Crippen LogP contribution in [0.4, 0.5) is 0 Å². The molecule has 2 unspecified atom stereocenters. The smallest absolute Gasteiger partial charge is 0.305 e. The summed E-state index contributed by atoms with van der Waals surface area (Å²) in [4.78, 5) is 12.0. The molecule has 0 aliphatic rings. The van der Waals surface area contributed by atoms with Crippen LogP contribution in [0, 0.1) is 0 Å². The van der Waals surface area contributed by atoms with Crippen molar-refractivity contribution >= 4 is 5.97 Å². The number of carbonyl (C=O) groups excluding carboxylic acids is 1. The summed E-state index contributed by atoms with van der Waals surface area (Å²) in [6.07, 6.45) is 21.9.